The molecule has 1 rings (SSSR count). The summed E-state index contributed by atoms with van der Waals surface area (Å²) in [6.07, 6.45) is 0. The molecule has 68 valence electrons. The van der Waals surface area contributed by atoms with Gasteiger partial charge in [-0.15, -0.1) is 10.1 Å². The molecule has 1 aromatic carbocycles. The standard InChI is InChI=1S/C7H5NO5/c9-7(10)5-3-1-2-4-6(5)13-8(11)12/h1-4H,(H,9,10). The van der Waals surface area contributed by atoms with E-state index in [4.69, 9.17) is 5.11 Å². The van der Waals surface area contributed by atoms with Gasteiger partial charge in [0.05, 0.1) is 5.56 Å². The average molecular weight is 183 g/mol. The van der Waals surface area contributed by atoms with Crippen molar-refractivity contribution in [3.63, 3.8) is 0 Å². The molecule has 1 aromatic rings. The molecular weight excluding hydrogens is 178 g/mol. The lowest BCUT2D eigenvalue weighted by Gasteiger charge is -2.01. The highest BCUT2D eigenvalue weighted by Crippen LogP contribution is 2.17. The third-order valence-corrected chi connectivity index (χ3v) is 1.29. The molecule has 0 aromatic heterocycles. The zero-order valence-corrected chi connectivity index (χ0v) is 6.34. The number of rotatable bonds is 3. The van der Waals surface area contributed by atoms with E-state index in [2.05, 4.69) is 4.84 Å². The van der Waals surface area contributed by atoms with Crippen molar-refractivity contribution < 1.29 is 19.8 Å². The predicted octanol–water partition coefficient (Wildman–Crippen LogP) is 0.955. The topological polar surface area (TPSA) is 89.7 Å². The predicted molar refractivity (Wildman–Crippen MR) is 41.0 cm³/mol. The summed E-state index contributed by atoms with van der Waals surface area (Å²) in [4.78, 5) is 24.5. The van der Waals surface area contributed by atoms with Crippen LogP contribution in [0.2, 0.25) is 0 Å². The molecule has 0 aliphatic heterocycles. The molecule has 0 aliphatic rings. The molecule has 0 aliphatic carbocycles. The van der Waals surface area contributed by atoms with E-state index in [0.29, 0.717) is 0 Å². The smallest absolute Gasteiger partial charge is 0.337 e. The summed E-state index contributed by atoms with van der Waals surface area (Å²) in [6.45, 7) is 0. The van der Waals surface area contributed by atoms with Gasteiger partial charge in [-0.2, -0.15) is 0 Å². The van der Waals surface area contributed by atoms with Gasteiger partial charge in [0, 0.05) is 0 Å². The van der Waals surface area contributed by atoms with E-state index in [-0.39, 0.29) is 11.3 Å². The van der Waals surface area contributed by atoms with Gasteiger partial charge in [-0.1, -0.05) is 12.1 Å². The Morgan fingerprint density at radius 1 is 1.46 bits per heavy atom. The van der Waals surface area contributed by atoms with Gasteiger partial charge in [-0.05, 0) is 12.1 Å². The van der Waals surface area contributed by atoms with Gasteiger partial charge in [0.25, 0.3) is 5.09 Å². The number of nitrogens with zero attached hydrogens (tertiary/aromatic N) is 1. The van der Waals surface area contributed by atoms with E-state index >= 15 is 0 Å². The minimum atomic E-state index is -1.27. The van der Waals surface area contributed by atoms with Crippen molar-refractivity contribution in [3.05, 3.63) is 39.9 Å². The van der Waals surface area contributed by atoms with E-state index in [1.54, 1.807) is 0 Å². The lowest BCUT2D eigenvalue weighted by atomic mass is 10.2. The summed E-state index contributed by atoms with van der Waals surface area (Å²) in [7, 11) is 0. The third kappa shape index (κ3) is 2.16. The Hall–Kier alpha value is -2.11. The van der Waals surface area contributed by atoms with E-state index in [1.165, 1.54) is 24.3 Å². The van der Waals surface area contributed by atoms with E-state index < -0.39 is 11.1 Å². The number of hydrogen-bond donors (Lipinski definition) is 1. The van der Waals surface area contributed by atoms with Gasteiger partial charge in [-0.25, -0.2) is 4.79 Å². The third-order valence-electron chi connectivity index (χ3n) is 1.29. The second-order valence-electron chi connectivity index (χ2n) is 2.12. The van der Waals surface area contributed by atoms with Crippen LogP contribution in [-0.4, -0.2) is 16.2 Å². The van der Waals surface area contributed by atoms with Crippen LogP contribution in [0.15, 0.2) is 24.3 Å². The Morgan fingerprint density at radius 3 is 2.62 bits per heavy atom. The van der Waals surface area contributed by atoms with Crippen LogP contribution in [-0.2, 0) is 0 Å². The summed E-state index contributed by atoms with van der Waals surface area (Å²) in [5.41, 5.74) is -0.237. The van der Waals surface area contributed by atoms with E-state index in [0.717, 1.165) is 0 Å². The number of benzene rings is 1. The zero-order chi connectivity index (χ0) is 9.84. The lowest BCUT2D eigenvalue weighted by Crippen LogP contribution is -2.08. The summed E-state index contributed by atoms with van der Waals surface area (Å²) >= 11 is 0. The molecule has 0 spiro atoms. The summed E-state index contributed by atoms with van der Waals surface area (Å²) in [5.74, 6) is -1.54. The first-order valence-corrected chi connectivity index (χ1v) is 3.26. The molecule has 0 atom stereocenters. The van der Waals surface area contributed by atoms with Gasteiger partial charge in [-0.3, -0.25) is 4.84 Å². The Labute approximate surface area is 72.5 Å². The number of carboxylic acids is 1. The fraction of sp³-hybridized carbons (Fsp3) is 0. The maximum absolute atomic E-state index is 10.5. The van der Waals surface area contributed by atoms with Crippen LogP contribution >= 0.6 is 0 Å². The largest absolute Gasteiger partial charge is 0.478 e. The van der Waals surface area contributed by atoms with Crippen LogP contribution in [0.5, 0.6) is 5.75 Å². The molecule has 0 fully saturated rings. The van der Waals surface area contributed by atoms with Crippen molar-refractivity contribution in [1.82, 2.24) is 0 Å². The Kier molecular flexibility index (Phi) is 2.44. The molecule has 0 saturated carbocycles. The number of carbonyl (C=O) groups is 1. The average Bonchev–Trinajstić information content (AvgIpc) is 2.03. The summed E-state index contributed by atoms with van der Waals surface area (Å²) in [6, 6.07) is 5.34. The number of carboxylic acid groups (broad SMARTS) is 1. The Morgan fingerprint density at radius 2 is 2.08 bits per heavy atom. The highest BCUT2D eigenvalue weighted by Gasteiger charge is 2.11. The quantitative estimate of drug-likeness (QED) is 0.556. The molecule has 0 radical (unpaired) electrons. The van der Waals surface area contributed by atoms with Crippen molar-refractivity contribution in [3.8, 4) is 5.75 Å². The molecule has 0 saturated heterocycles. The van der Waals surface area contributed by atoms with Crippen molar-refractivity contribution >= 4 is 5.97 Å². The number of hydrogen-bond acceptors (Lipinski definition) is 4. The zero-order valence-electron chi connectivity index (χ0n) is 6.34. The van der Waals surface area contributed by atoms with Crippen LogP contribution in [0.25, 0.3) is 0 Å². The fourth-order valence-corrected chi connectivity index (χ4v) is 0.803. The van der Waals surface area contributed by atoms with Gasteiger partial charge in [0.15, 0.2) is 0 Å². The molecule has 13 heavy (non-hydrogen) atoms. The summed E-state index contributed by atoms with van der Waals surface area (Å²) in [5, 5.41) is 17.5. The lowest BCUT2D eigenvalue weighted by molar-refractivity contribution is -0.711. The van der Waals surface area contributed by atoms with Crippen LogP contribution in [0.4, 0.5) is 0 Å². The first-order chi connectivity index (χ1) is 6.11. The van der Waals surface area contributed by atoms with Crippen LogP contribution in [0.3, 0.4) is 0 Å². The molecule has 0 unspecified atom stereocenters. The molecular formula is C7H5NO5. The second kappa shape index (κ2) is 3.53. The highest BCUT2D eigenvalue weighted by atomic mass is 17.0. The van der Waals surface area contributed by atoms with Gasteiger partial charge < -0.3 is 5.11 Å². The molecule has 0 bridgehead atoms. The normalized spacial score (nSPS) is 9.23. The maximum atomic E-state index is 10.5. The summed E-state index contributed by atoms with van der Waals surface area (Å²) < 4.78 is 0. The van der Waals surface area contributed by atoms with E-state index in [9.17, 15) is 14.9 Å². The second-order valence-corrected chi connectivity index (χ2v) is 2.12. The van der Waals surface area contributed by atoms with Crippen molar-refractivity contribution in [1.29, 1.82) is 0 Å². The Bertz CT molecular complexity index is 348. The number of aromatic carboxylic acids is 1. The molecule has 0 heterocycles. The molecule has 6 nitrogen and oxygen atoms in total. The first kappa shape index (κ1) is 8.98. The van der Waals surface area contributed by atoms with Crippen LogP contribution in [0.1, 0.15) is 10.4 Å². The minimum absolute atomic E-state index is 0.237. The SMILES string of the molecule is O=C(O)c1ccccc1O[N+](=O)[O-]. The molecule has 6 heteroatoms. The Balaban J connectivity index is 3.04. The molecule has 0 amide bonds. The minimum Gasteiger partial charge on any atom is -0.478 e. The number of para-hydroxylation sites is 1. The van der Waals surface area contributed by atoms with Crippen molar-refractivity contribution in [2.75, 3.05) is 0 Å². The fourth-order valence-electron chi connectivity index (χ4n) is 0.803. The van der Waals surface area contributed by atoms with Crippen molar-refractivity contribution in [2.24, 2.45) is 0 Å². The monoisotopic (exact) mass is 183 g/mol. The van der Waals surface area contributed by atoms with Gasteiger partial charge >= 0.3 is 5.97 Å². The van der Waals surface area contributed by atoms with Gasteiger partial charge in [0.2, 0.25) is 0 Å². The highest BCUT2D eigenvalue weighted by molar-refractivity contribution is 5.90. The van der Waals surface area contributed by atoms with Gasteiger partial charge in [0.1, 0.15) is 5.75 Å². The maximum Gasteiger partial charge on any atom is 0.337 e. The first-order valence-electron chi connectivity index (χ1n) is 3.26. The molecule has 1 N–H and O–H groups in total. The van der Waals surface area contributed by atoms with Crippen molar-refractivity contribution in [2.45, 2.75) is 0 Å². The van der Waals surface area contributed by atoms with Crippen LogP contribution < -0.4 is 4.84 Å². The van der Waals surface area contributed by atoms with Crippen LogP contribution in [0, 0.1) is 10.1 Å². The van der Waals surface area contributed by atoms with E-state index in [1.807, 2.05) is 0 Å².